The molecule has 0 N–H and O–H groups in total. The normalized spacial score (nSPS) is 9.60. The molecule has 0 bridgehead atoms. The van der Waals surface area contributed by atoms with Crippen LogP contribution in [0.1, 0.15) is 6.92 Å². The van der Waals surface area contributed by atoms with Crippen molar-refractivity contribution >= 4 is 14.0 Å². The molecule has 3 heteroatoms. The van der Waals surface area contributed by atoms with Crippen LogP contribution >= 0.6 is 0 Å². The Hall–Kier alpha value is -0.753. The van der Waals surface area contributed by atoms with E-state index in [1.807, 2.05) is 0 Å². The van der Waals surface area contributed by atoms with Crippen molar-refractivity contribution in [2.75, 3.05) is 0 Å². The quantitative estimate of drug-likeness (QED) is 0.301. The van der Waals surface area contributed by atoms with Gasteiger partial charge in [-0.25, -0.2) is 0 Å². The van der Waals surface area contributed by atoms with Gasteiger partial charge in [0.25, 0.3) is 0 Å². The number of hydrogen-bond acceptors (Lipinski definition) is 2. The second kappa shape index (κ2) is 3.42. The lowest BCUT2D eigenvalue weighted by molar-refractivity contribution is -0.134. The van der Waals surface area contributed by atoms with E-state index in [0.29, 0.717) is 0 Å². The minimum absolute atomic E-state index is 0.342. The van der Waals surface area contributed by atoms with E-state index in [1.165, 1.54) is 6.92 Å². The maximum Gasteiger partial charge on any atom is 0.316 e. The van der Waals surface area contributed by atoms with E-state index in [1.54, 1.807) is 0 Å². The molecule has 0 amide bonds. The number of hydrogen-bond donors (Lipinski definition) is 0. The minimum atomic E-state index is -1.36. The topological polar surface area (TPSA) is 26.3 Å². The molecule has 0 aliphatic heterocycles. The fourth-order valence-electron chi connectivity index (χ4n) is 0.250. The molecule has 10 heavy (non-hydrogen) atoms. The number of esters is 1. The molecule has 0 aliphatic rings. The van der Waals surface area contributed by atoms with Crippen molar-refractivity contribution in [2.24, 2.45) is 0 Å². The summed E-state index contributed by atoms with van der Waals surface area (Å²) in [6.07, 6.45) is 2.39. The van der Waals surface area contributed by atoms with Gasteiger partial charge in [0, 0.05) is 6.92 Å². The molecule has 0 atom stereocenters. The SMILES string of the molecule is CC(=O)OC#C[Si](C)(C)C. The highest BCUT2D eigenvalue weighted by molar-refractivity contribution is 6.83. The summed E-state index contributed by atoms with van der Waals surface area (Å²) < 4.78 is 4.45. The molecule has 0 aliphatic carbocycles. The molecule has 2 nitrogen and oxygen atoms in total. The first kappa shape index (κ1) is 9.25. The summed E-state index contributed by atoms with van der Waals surface area (Å²) in [6, 6.07) is 0. The van der Waals surface area contributed by atoms with Crippen LogP contribution in [0.5, 0.6) is 0 Å². The first-order valence-electron chi connectivity index (χ1n) is 3.11. The van der Waals surface area contributed by atoms with Crippen molar-refractivity contribution < 1.29 is 9.53 Å². The van der Waals surface area contributed by atoms with Crippen LogP contribution < -0.4 is 0 Å². The van der Waals surface area contributed by atoms with Gasteiger partial charge in [-0.3, -0.25) is 4.79 Å². The number of carbonyl (C=O) groups is 1. The number of rotatable bonds is 0. The standard InChI is InChI=1S/C7H12O2Si/c1-7(8)9-5-6-10(2,3)4/h1-4H3. The maximum atomic E-state index is 10.2. The Morgan fingerprint density at radius 2 is 1.90 bits per heavy atom. The van der Waals surface area contributed by atoms with Gasteiger partial charge in [0.1, 0.15) is 14.2 Å². The average molecular weight is 156 g/mol. The van der Waals surface area contributed by atoms with Gasteiger partial charge in [-0.05, 0) is 0 Å². The van der Waals surface area contributed by atoms with Crippen molar-refractivity contribution in [3.05, 3.63) is 0 Å². The van der Waals surface area contributed by atoms with Crippen LogP contribution in [0.4, 0.5) is 0 Å². The van der Waals surface area contributed by atoms with Gasteiger partial charge in [0.05, 0.1) is 0 Å². The highest BCUT2D eigenvalue weighted by Gasteiger charge is 2.07. The fraction of sp³-hybridized carbons (Fsp3) is 0.571. The Labute approximate surface area is 62.6 Å². The van der Waals surface area contributed by atoms with E-state index < -0.39 is 8.07 Å². The molecular formula is C7H12O2Si. The zero-order valence-electron chi connectivity index (χ0n) is 6.82. The largest absolute Gasteiger partial charge is 0.373 e. The summed E-state index contributed by atoms with van der Waals surface area (Å²) in [5.74, 6) is -0.342. The zero-order valence-corrected chi connectivity index (χ0v) is 7.82. The Morgan fingerprint density at radius 3 is 2.20 bits per heavy atom. The predicted molar refractivity (Wildman–Crippen MR) is 42.9 cm³/mol. The van der Waals surface area contributed by atoms with Gasteiger partial charge in [-0.1, -0.05) is 25.2 Å². The Morgan fingerprint density at radius 1 is 1.40 bits per heavy atom. The Balaban J connectivity index is 3.82. The van der Waals surface area contributed by atoms with E-state index >= 15 is 0 Å². The highest BCUT2D eigenvalue weighted by Crippen LogP contribution is 1.95. The van der Waals surface area contributed by atoms with Gasteiger partial charge in [0.15, 0.2) is 0 Å². The van der Waals surface area contributed by atoms with Crippen LogP contribution in [0.3, 0.4) is 0 Å². The van der Waals surface area contributed by atoms with E-state index in [-0.39, 0.29) is 5.97 Å². The van der Waals surface area contributed by atoms with E-state index in [9.17, 15) is 4.79 Å². The molecule has 0 fully saturated rings. The average Bonchev–Trinajstić information content (AvgIpc) is 1.59. The van der Waals surface area contributed by atoms with Gasteiger partial charge in [0.2, 0.25) is 0 Å². The van der Waals surface area contributed by atoms with Crippen LogP contribution in [-0.2, 0) is 9.53 Å². The molecular weight excluding hydrogens is 144 g/mol. The third-order valence-corrected chi connectivity index (χ3v) is 1.47. The molecule has 56 valence electrons. The lowest BCUT2D eigenvalue weighted by atomic mass is 10.8. The van der Waals surface area contributed by atoms with Crippen LogP contribution in [0.15, 0.2) is 0 Å². The molecule has 0 spiro atoms. The summed E-state index contributed by atoms with van der Waals surface area (Å²) in [5.41, 5.74) is 2.90. The van der Waals surface area contributed by atoms with Crippen molar-refractivity contribution in [3.63, 3.8) is 0 Å². The van der Waals surface area contributed by atoms with Crippen LogP contribution in [0.25, 0.3) is 0 Å². The molecule has 0 aromatic rings. The summed E-state index contributed by atoms with van der Waals surface area (Å²) in [6.45, 7) is 7.61. The number of ether oxygens (including phenoxy) is 1. The van der Waals surface area contributed by atoms with Gasteiger partial charge in [-0.2, -0.15) is 0 Å². The van der Waals surface area contributed by atoms with Crippen molar-refractivity contribution in [1.82, 2.24) is 0 Å². The lowest BCUT2D eigenvalue weighted by Gasteiger charge is -2.01. The van der Waals surface area contributed by atoms with Gasteiger partial charge < -0.3 is 4.74 Å². The van der Waals surface area contributed by atoms with Gasteiger partial charge >= 0.3 is 5.97 Å². The predicted octanol–water partition coefficient (Wildman–Crippen LogP) is 1.39. The lowest BCUT2D eigenvalue weighted by Crippen LogP contribution is -2.16. The summed E-state index contributed by atoms with van der Waals surface area (Å²) in [5, 5.41) is 0. The van der Waals surface area contributed by atoms with Crippen LogP contribution in [0, 0.1) is 11.7 Å². The highest BCUT2D eigenvalue weighted by atomic mass is 28.3. The number of carbonyl (C=O) groups excluding carboxylic acids is 1. The molecule has 0 heterocycles. The zero-order chi connectivity index (χ0) is 8.20. The molecule has 0 radical (unpaired) electrons. The second-order valence-corrected chi connectivity index (χ2v) is 7.82. The van der Waals surface area contributed by atoms with Crippen LogP contribution in [0.2, 0.25) is 19.6 Å². The van der Waals surface area contributed by atoms with Crippen LogP contribution in [-0.4, -0.2) is 14.0 Å². The first-order valence-corrected chi connectivity index (χ1v) is 6.61. The van der Waals surface area contributed by atoms with Crippen molar-refractivity contribution in [2.45, 2.75) is 26.6 Å². The molecule has 0 aromatic heterocycles. The third-order valence-electron chi connectivity index (χ3n) is 0.621. The molecule has 0 unspecified atom stereocenters. The van der Waals surface area contributed by atoms with E-state index in [4.69, 9.17) is 0 Å². The van der Waals surface area contributed by atoms with Crippen molar-refractivity contribution in [1.29, 1.82) is 0 Å². The molecule has 0 rings (SSSR count). The fourth-order valence-corrected chi connectivity index (χ4v) is 0.608. The molecule has 0 saturated heterocycles. The Kier molecular flexibility index (Phi) is 3.17. The Bertz CT molecular complexity index is 180. The monoisotopic (exact) mass is 156 g/mol. The minimum Gasteiger partial charge on any atom is -0.373 e. The second-order valence-electron chi connectivity index (χ2n) is 3.07. The maximum absolute atomic E-state index is 10.2. The summed E-state index contributed by atoms with van der Waals surface area (Å²) in [4.78, 5) is 10.2. The molecule has 0 saturated carbocycles. The van der Waals surface area contributed by atoms with E-state index in [0.717, 1.165) is 0 Å². The summed E-state index contributed by atoms with van der Waals surface area (Å²) in [7, 11) is -1.36. The summed E-state index contributed by atoms with van der Waals surface area (Å²) >= 11 is 0. The smallest absolute Gasteiger partial charge is 0.316 e. The third kappa shape index (κ3) is 7.25. The van der Waals surface area contributed by atoms with E-state index in [2.05, 4.69) is 36.0 Å². The van der Waals surface area contributed by atoms with Crippen molar-refractivity contribution in [3.8, 4) is 11.7 Å². The van der Waals surface area contributed by atoms with Gasteiger partial charge in [-0.15, -0.1) is 0 Å². The first-order chi connectivity index (χ1) is 4.42. The molecule has 0 aromatic carbocycles.